The third-order valence-corrected chi connectivity index (χ3v) is 14.9. The van der Waals surface area contributed by atoms with Crippen molar-refractivity contribution in [3.05, 3.63) is 35.6 Å². The van der Waals surface area contributed by atoms with Gasteiger partial charge in [-0.05, 0) is 153 Å². The van der Waals surface area contributed by atoms with Gasteiger partial charge in [-0.15, -0.1) is 12.4 Å². The van der Waals surface area contributed by atoms with Gasteiger partial charge in [-0.25, -0.2) is 18.8 Å². The lowest BCUT2D eigenvalue weighted by atomic mass is 9.63. The minimum absolute atomic E-state index is 0. The summed E-state index contributed by atoms with van der Waals surface area (Å²) in [5.41, 5.74) is -0.232. The van der Waals surface area contributed by atoms with Gasteiger partial charge in [0, 0.05) is 32.6 Å². The molecule has 4 saturated heterocycles. The van der Waals surface area contributed by atoms with Crippen molar-refractivity contribution in [3.63, 3.8) is 0 Å². The highest BCUT2D eigenvalue weighted by Crippen LogP contribution is 2.49. The van der Waals surface area contributed by atoms with Crippen LogP contribution in [-0.2, 0) is 25.4 Å². The molecular formula is C51H85ClFN5O7. The van der Waals surface area contributed by atoms with Crippen molar-refractivity contribution >= 4 is 36.6 Å². The Hall–Kier alpha value is -3.32. The number of hydrogen-bond donors (Lipinski definition) is 2. The number of alkyl carbamates (subject to hydrolysis) is 1. The molecule has 14 heteroatoms. The topological polar surface area (TPSA) is 130 Å². The molecule has 7 rings (SSSR count). The molecule has 0 bridgehead atoms. The Labute approximate surface area is 397 Å². The zero-order valence-corrected chi connectivity index (χ0v) is 42.3. The SMILES string of the molecule is CC(C)(C)OC(=O)N[C@H](Cc1ccc(F)cc1)C(=O)N1CCC(CN2C(=O)OCC2(C)C)(C2CCCCC2)CC1.CC1(C)COC(=O)N1CC1(C2CCCCC2)CCNCC1.CCC.Cl. The van der Waals surface area contributed by atoms with Crippen molar-refractivity contribution in [1.82, 2.24) is 25.3 Å². The van der Waals surface area contributed by atoms with Gasteiger partial charge in [-0.2, -0.15) is 0 Å². The van der Waals surface area contributed by atoms with Gasteiger partial charge in [-0.1, -0.05) is 70.9 Å². The van der Waals surface area contributed by atoms with Crippen LogP contribution in [0, 0.1) is 28.5 Å². The monoisotopic (exact) mass is 934 g/mol. The Balaban J connectivity index is 0.000000309. The molecule has 1 aromatic rings. The average Bonchev–Trinajstić information content (AvgIpc) is 3.67. The van der Waals surface area contributed by atoms with Crippen LogP contribution in [0.3, 0.4) is 0 Å². The van der Waals surface area contributed by atoms with Crippen LogP contribution in [0.25, 0.3) is 0 Å². The van der Waals surface area contributed by atoms with Crippen LogP contribution in [0.2, 0.25) is 0 Å². The second-order valence-electron chi connectivity index (χ2n) is 22.1. The first-order chi connectivity index (χ1) is 30.2. The quantitative estimate of drug-likeness (QED) is 0.222. The maximum atomic E-state index is 13.9. The largest absolute Gasteiger partial charge is 0.447 e. The van der Waals surface area contributed by atoms with E-state index < -0.39 is 17.7 Å². The van der Waals surface area contributed by atoms with E-state index in [-0.39, 0.29) is 59.2 Å². The minimum atomic E-state index is -0.838. The van der Waals surface area contributed by atoms with Gasteiger partial charge in [0.1, 0.15) is 30.7 Å². The summed E-state index contributed by atoms with van der Waals surface area (Å²) in [6, 6.07) is 5.14. The molecule has 6 aliphatic rings. The number of rotatable bonds is 10. The molecule has 4 amide bonds. The Kier molecular flexibility index (Phi) is 19.7. The van der Waals surface area contributed by atoms with E-state index in [9.17, 15) is 23.6 Å². The molecule has 2 saturated carbocycles. The van der Waals surface area contributed by atoms with Crippen LogP contribution in [0.15, 0.2) is 24.3 Å². The molecule has 2 aliphatic carbocycles. The van der Waals surface area contributed by atoms with Gasteiger partial charge < -0.3 is 29.7 Å². The highest BCUT2D eigenvalue weighted by molar-refractivity contribution is 5.86. The van der Waals surface area contributed by atoms with Crippen LogP contribution in [0.5, 0.6) is 0 Å². The fourth-order valence-corrected chi connectivity index (χ4v) is 11.1. The Bertz CT molecular complexity index is 1680. The summed E-state index contributed by atoms with van der Waals surface area (Å²) >= 11 is 0. The fraction of sp³-hybridized carbons (Fsp3) is 0.804. The minimum Gasteiger partial charge on any atom is -0.447 e. The first-order valence-corrected chi connectivity index (χ1v) is 24.9. The zero-order chi connectivity index (χ0) is 46.8. The first-order valence-electron chi connectivity index (χ1n) is 24.9. The number of likely N-dealkylation sites (tertiary alicyclic amines) is 1. The van der Waals surface area contributed by atoms with Crippen LogP contribution >= 0.6 is 12.4 Å². The van der Waals surface area contributed by atoms with Gasteiger partial charge in [0.25, 0.3) is 0 Å². The number of benzene rings is 1. The molecule has 4 aliphatic heterocycles. The normalized spacial score (nSPS) is 23.3. The van der Waals surface area contributed by atoms with Gasteiger partial charge in [-0.3, -0.25) is 14.6 Å². The summed E-state index contributed by atoms with van der Waals surface area (Å²) in [7, 11) is 0. The van der Waals surface area contributed by atoms with E-state index in [1.165, 1.54) is 82.8 Å². The van der Waals surface area contributed by atoms with E-state index in [1.807, 2.05) is 28.5 Å². The summed E-state index contributed by atoms with van der Waals surface area (Å²) in [6.45, 7) is 23.7. The van der Waals surface area contributed by atoms with Crippen molar-refractivity contribution in [2.24, 2.45) is 22.7 Å². The highest BCUT2D eigenvalue weighted by atomic mass is 35.5. The number of piperidine rings is 2. The molecule has 0 unspecified atom stereocenters. The van der Waals surface area contributed by atoms with Gasteiger partial charge in [0.05, 0.1) is 11.1 Å². The van der Waals surface area contributed by atoms with Crippen molar-refractivity contribution < 1.29 is 37.8 Å². The first kappa shape index (κ1) is 54.3. The van der Waals surface area contributed by atoms with Crippen LogP contribution in [-0.4, -0.2) is 114 Å². The Morgan fingerprint density at radius 3 is 1.60 bits per heavy atom. The maximum absolute atomic E-state index is 13.9. The third kappa shape index (κ3) is 14.6. The molecule has 4 heterocycles. The summed E-state index contributed by atoms with van der Waals surface area (Å²) < 4.78 is 29.7. The van der Waals surface area contributed by atoms with Gasteiger partial charge in [0.2, 0.25) is 5.91 Å². The fourth-order valence-electron chi connectivity index (χ4n) is 11.1. The lowest BCUT2D eigenvalue weighted by Crippen LogP contribution is -2.57. The number of amides is 4. The maximum Gasteiger partial charge on any atom is 0.410 e. The molecule has 0 radical (unpaired) electrons. The van der Waals surface area contributed by atoms with E-state index in [0.29, 0.717) is 44.2 Å². The third-order valence-electron chi connectivity index (χ3n) is 14.9. The number of cyclic esters (lactones) is 2. The molecule has 2 N–H and O–H groups in total. The number of carbonyl (C=O) groups is 4. The van der Waals surface area contributed by atoms with E-state index >= 15 is 0 Å². The standard InChI is InChI=1S/C31H46FN3O5.C17H30N2O2.C3H8.ClH/c1-29(2,3)40-27(37)33-25(19-22-11-13-24(32)14-12-22)26(36)34-17-15-31(16-18-34,23-9-7-6-8-10-23)20-35-28(38)39-21-30(35,4)5;1-16(2)13-21-15(20)19(16)12-17(8-10-18-11-9-17)14-6-4-3-5-7-14;1-3-2;/h11-14,23,25H,6-10,15-21H2,1-5H3,(H,33,37);14,18H,3-13H2,1-2H3;3H2,1-2H3;1H/t25-;;;/m1.../s1. The van der Waals surface area contributed by atoms with E-state index in [0.717, 1.165) is 56.8 Å². The second kappa shape index (κ2) is 23.6. The van der Waals surface area contributed by atoms with Crippen LogP contribution < -0.4 is 10.6 Å². The van der Waals surface area contributed by atoms with Crippen LogP contribution in [0.1, 0.15) is 164 Å². The molecule has 65 heavy (non-hydrogen) atoms. The molecule has 370 valence electrons. The molecule has 1 atom stereocenters. The van der Waals surface area contributed by atoms with Gasteiger partial charge >= 0.3 is 18.3 Å². The van der Waals surface area contributed by atoms with Crippen molar-refractivity contribution in [2.45, 2.75) is 188 Å². The lowest BCUT2D eigenvalue weighted by Gasteiger charge is -2.50. The zero-order valence-electron chi connectivity index (χ0n) is 41.5. The van der Waals surface area contributed by atoms with Crippen molar-refractivity contribution in [1.29, 1.82) is 0 Å². The summed E-state index contributed by atoms with van der Waals surface area (Å²) in [5, 5.41) is 6.28. The predicted octanol–water partition coefficient (Wildman–Crippen LogP) is 10.7. The van der Waals surface area contributed by atoms with E-state index in [1.54, 1.807) is 32.9 Å². The number of nitrogens with zero attached hydrogens (tertiary/aromatic N) is 3. The number of carbonyl (C=O) groups excluding carboxylic acids is 4. The summed E-state index contributed by atoms with van der Waals surface area (Å²) in [4.78, 5) is 57.2. The number of hydrogen-bond acceptors (Lipinski definition) is 8. The second-order valence-corrected chi connectivity index (χ2v) is 22.1. The molecular weight excluding hydrogens is 849 g/mol. The van der Waals surface area contributed by atoms with Crippen molar-refractivity contribution in [3.8, 4) is 0 Å². The summed E-state index contributed by atoms with van der Waals surface area (Å²) in [6.07, 6.45) is 17.2. The Morgan fingerprint density at radius 1 is 0.769 bits per heavy atom. The molecule has 6 fully saturated rings. The van der Waals surface area contributed by atoms with Crippen LogP contribution in [0.4, 0.5) is 18.8 Å². The lowest BCUT2D eigenvalue weighted by molar-refractivity contribution is -0.137. The summed E-state index contributed by atoms with van der Waals surface area (Å²) in [5.74, 6) is 0.760. The number of halogens is 2. The average molecular weight is 935 g/mol. The highest BCUT2D eigenvalue weighted by Gasteiger charge is 2.51. The molecule has 0 aromatic heterocycles. The number of nitrogens with one attached hydrogen (secondary N) is 2. The van der Waals surface area contributed by atoms with E-state index in [2.05, 4.69) is 38.3 Å². The predicted molar refractivity (Wildman–Crippen MR) is 257 cm³/mol. The molecule has 0 spiro atoms. The van der Waals surface area contributed by atoms with Gasteiger partial charge in [0.15, 0.2) is 0 Å². The molecule has 1 aromatic carbocycles. The van der Waals surface area contributed by atoms with E-state index in [4.69, 9.17) is 14.2 Å². The smallest absolute Gasteiger partial charge is 0.410 e. The van der Waals surface area contributed by atoms with Crippen molar-refractivity contribution in [2.75, 3.05) is 52.5 Å². The molecule has 12 nitrogen and oxygen atoms in total. The number of ether oxygens (including phenoxy) is 3. The Morgan fingerprint density at radius 2 is 1.20 bits per heavy atom.